The van der Waals surface area contributed by atoms with Gasteiger partial charge in [0.1, 0.15) is 5.82 Å². The summed E-state index contributed by atoms with van der Waals surface area (Å²) in [6.45, 7) is 3.80. The largest absolute Gasteiger partial charge is 0.398 e. The van der Waals surface area contributed by atoms with Gasteiger partial charge >= 0.3 is 0 Å². The van der Waals surface area contributed by atoms with E-state index in [4.69, 9.17) is 5.73 Å². The third-order valence-corrected chi connectivity index (χ3v) is 3.40. The summed E-state index contributed by atoms with van der Waals surface area (Å²) in [5.41, 5.74) is 10.4. The van der Waals surface area contributed by atoms with Crippen LogP contribution < -0.4 is 11.1 Å². The first-order valence-electron chi connectivity index (χ1n) is 6.67. The number of hydrogen-bond acceptors (Lipinski definition) is 3. The molecule has 0 aliphatic rings. The second-order valence-electron chi connectivity index (χ2n) is 5.08. The second-order valence-corrected chi connectivity index (χ2v) is 5.08. The van der Waals surface area contributed by atoms with Gasteiger partial charge in [0.25, 0.3) is 5.91 Å². The first kappa shape index (κ1) is 13.2. The van der Waals surface area contributed by atoms with Gasteiger partial charge in [-0.2, -0.15) is 0 Å². The number of imidazole rings is 1. The first-order valence-corrected chi connectivity index (χ1v) is 6.67. The fourth-order valence-corrected chi connectivity index (χ4v) is 2.20. The van der Waals surface area contributed by atoms with Crippen molar-refractivity contribution in [3.8, 4) is 0 Å². The number of hydrogen-bond donors (Lipinski definition) is 3. The monoisotopic (exact) mass is 280 g/mol. The van der Waals surface area contributed by atoms with E-state index in [2.05, 4.69) is 15.3 Å². The predicted octanol–water partition coefficient (Wildman–Crippen LogP) is 3.01. The number of carbonyl (C=O) groups is 1. The lowest BCUT2D eigenvalue weighted by Gasteiger charge is -2.07. The average Bonchev–Trinajstić information content (AvgIpc) is 2.81. The minimum atomic E-state index is -0.183. The average molecular weight is 280 g/mol. The molecule has 0 aliphatic heterocycles. The third-order valence-electron chi connectivity index (χ3n) is 3.40. The molecule has 0 saturated heterocycles. The molecular formula is C16H16N4O. The molecule has 1 amide bonds. The van der Waals surface area contributed by atoms with Crippen molar-refractivity contribution < 1.29 is 4.79 Å². The standard InChI is InChI=1S/C16H16N4O/c1-9-3-4-11(7-13(9)17)16(21)20-12-5-6-14-15(8-12)19-10(2)18-14/h3-8H,17H2,1-2H3,(H,18,19)(H,20,21). The maximum absolute atomic E-state index is 12.2. The molecule has 5 nitrogen and oxygen atoms in total. The zero-order valence-electron chi connectivity index (χ0n) is 11.9. The molecule has 0 saturated carbocycles. The SMILES string of the molecule is Cc1nc2ccc(NC(=O)c3ccc(C)c(N)c3)cc2[nH]1. The molecule has 0 spiro atoms. The van der Waals surface area contributed by atoms with E-state index in [-0.39, 0.29) is 5.91 Å². The highest BCUT2D eigenvalue weighted by molar-refractivity contribution is 6.05. The van der Waals surface area contributed by atoms with Crippen molar-refractivity contribution in [1.29, 1.82) is 0 Å². The summed E-state index contributed by atoms with van der Waals surface area (Å²) < 4.78 is 0. The number of nitrogens with two attached hydrogens (primary N) is 1. The number of fused-ring (bicyclic) bond motifs is 1. The Bertz CT molecular complexity index is 835. The van der Waals surface area contributed by atoms with E-state index in [0.717, 1.165) is 28.1 Å². The van der Waals surface area contributed by atoms with Crippen molar-refractivity contribution in [3.05, 3.63) is 53.3 Å². The van der Waals surface area contributed by atoms with Gasteiger partial charge in [0.05, 0.1) is 11.0 Å². The minimum absolute atomic E-state index is 0.183. The van der Waals surface area contributed by atoms with E-state index in [0.29, 0.717) is 11.3 Å². The van der Waals surface area contributed by atoms with Crippen LogP contribution in [0.15, 0.2) is 36.4 Å². The number of anilines is 2. The van der Waals surface area contributed by atoms with Gasteiger partial charge in [-0.15, -0.1) is 0 Å². The van der Waals surface area contributed by atoms with Crippen molar-refractivity contribution in [2.24, 2.45) is 0 Å². The van der Waals surface area contributed by atoms with E-state index in [1.165, 1.54) is 0 Å². The molecule has 0 bridgehead atoms. The lowest BCUT2D eigenvalue weighted by molar-refractivity contribution is 0.102. The maximum Gasteiger partial charge on any atom is 0.255 e. The number of aryl methyl sites for hydroxylation is 2. The van der Waals surface area contributed by atoms with E-state index in [1.54, 1.807) is 12.1 Å². The molecule has 106 valence electrons. The first-order chi connectivity index (χ1) is 10.0. The number of nitrogens with one attached hydrogen (secondary N) is 2. The fourth-order valence-electron chi connectivity index (χ4n) is 2.20. The van der Waals surface area contributed by atoms with Crippen molar-refractivity contribution in [2.75, 3.05) is 11.1 Å². The summed E-state index contributed by atoms with van der Waals surface area (Å²) in [6.07, 6.45) is 0. The summed E-state index contributed by atoms with van der Waals surface area (Å²) in [5, 5.41) is 2.86. The fraction of sp³-hybridized carbons (Fsp3) is 0.125. The Kier molecular flexibility index (Phi) is 3.10. The molecule has 21 heavy (non-hydrogen) atoms. The van der Waals surface area contributed by atoms with Crippen LogP contribution in [-0.2, 0) is 0 Å². The number of benzene rings is 2. The van der Waals surface area contributed by atoms with Gasteiger partial charge in [0.2, 0.25) is 0 Å². The third kappa shape index (κ3) is 2.58. The maximum atomic E-state index is 12.2. The second kappa shape index (κ2) is 4.94. The normalized spacial score (nSPS) is 10.8. The molecule has 2 aromatic carbocycles. The highest BCUT2D eigenvalue weighted by Crippen LogP contribution is 2.19. The van der Waals surface area contributed by atoms with Gasteiger partial charge in [-0.05, 0) is 49.7 Å². The smallest absolute Gasteiger partial charge is 0.255 e. The van der Waals surface area contributed by atoms with E-state index in [9.17, 15) is 4.79 Å². The quantitative estimate of drug-likeness (QED) is 0.631. The molecule has 3 aromatic rings. The molecule has 5 heteroatoms. The molecule has 0 fully saturated rings. The summed E-state index contributed by atoms with van der Waals surface area (Å²) in [6, 6.07) is 10.9. The Morgan fingerprint density at radius 3 is 2.76 bits per heavy atom. The summed E-state index contributed by atoms with van der Waals surface area (Å²) >= 11 is 0. The lowest BCUT2D eigenvalue weighted by atomic mass is 10.1. The van der Waals surface area contributed by atoms with Crippen LogP contribution in [0, 0.1) is 13.8 Å². The number of aromatic nitrogens is 2. The zero-order valence-corrected chi connectivity index (χ0v) is 11.9. The molecule has 4 N–H and O–H groups in total. The van der Waals surface area contributed by atoms with Crippen LogP contribution in [0.2, 0.25) is 0 Å². The topological polar surface area (TPSA) is 83.8 Å². The van der Waals surface area contributed by atoms with Crippen molar-refractivity contribution in [1.82, 2.24) is 9.97 Å². The van der Waals surface area contributed by atoms with Crippen LogP contribution in [0.3, 0.4) is 0 Å². The number of nitrogens with zero attached hydrogens (tertiary/aromatic N) is 1. The Hall–Kier alpha value is -2.82. The van der Waals surface area contributed by atoms with Crippen molar-refractivity contribution in [3.63, 3.8) is 0 Å². The number of rotatable bonds is 2. The van der Waals surface area contributed by atoms with Crippen LogP contribution in [0.5, 0.6) is 0 Å². The molecule has 0 radical (unpaired) electrons. The van der Waals surface area contributed by atoms with Gasteiger partial charge in [-0.25, -0.2) is 4.98 Å². The van der Waals surface area contributed by atoms with Gasteiger partial charge in [0.15, 0.2) is 0 Å². The Labute approximate surface area is 122 Å². The zero-order chi connectivity index (χ0) is 15.0. The number of aromatic amines is 1. The Morgan fingerprint density at radius 2 is 2.00 bits per heavy atom. The van der Waals surface area contributed by atoms with Gasteiger partial charge in [-0.3, -0.25) is 4.79 Å². The summed E-state index contributed by atoms with van der Waals surface area (Å²) in [7, 11) is 0. The molecule has 1 aromatic heterocycles. The molecule has 0 aliphatic carbocycles. The molecule has 0 unspecified atom stereocenters. The molecular weight excluding hydrogens is 264 g/mol. The Morgan fingerprint density at radius 1 is 1.19 bits per heavy atom. The van der Waals surface area contributed by atoms with Crippen LogP contribution in [0.25, 0.3) is 11.0 Å². The predicted molar refractivity (Wildman–Crippen MR) is 84.4 cm³/mol. The summed E-state index contributed by atoms with van der Waals surface area (Å²) in [5.74, 6) is 0.664. The minimum Gasteiger partial charge on any atom is -0.398 e. The van der Waals surface area contributed by atoms with Crippen LogP contribution in [0.1, 0.15) is 21.7 Å². The van der Waals surface area contributed by atoms with E-state index < -0.39 is 0 Å². The van der Waals surface area contributed by atoms with Crippen LogP contribution in [0.4, 0.5) is 11.4 Å². The lowest BCUT2D eigenvalue weighted by Crippen LogP contribution is -2.12. The number of carbonyl (C=O) groups excluding carboxylic acids is 1. The van der Waals surface area contributed by atoms with Gasteiger partial charge in [-0.1, -0.05) is 6.07 Å². The van der Waals surface area contributed by atoms with E-state index >= 15 is 0 Å². The molecule has 3 rings (SSSR count). The van der Waals surface area contributed by atoms with Gasteiger partial charge in [0, 0.05) is 16.9 Å². The van der Waals surface area contributed by atoms with E-state index in [1.807, 2.05) is 38.1 Å². The molecule has 1 heterocycles. The highest BCUT2D eigenvalue weighted by atomic mass is 16.1. The van der Waals surface area contributed by atoms with Crippen LogP contribution >= 0.6 is 0 Å². The number of amides is 1. The number of H-pyrrole nitrogens is 1. The van der Waals surface area contributed by atoms with Crippen LogP contribution in [-0.4, -0.2) is 15.9 Å². The van der Waals surface area contributed by atoms with Gasteiger partial charge < -0.3 is 16.0 Å². The Balaban J connectivity index is 1.86. The number of nitrogen functional groups attached to an aromatic ring is 1. The molecule has 0 atom stereocenters. The van der Waals surface area contributed by atoms with Crippen molar-refractivity contribution >= 4 is 28.3 Å². The highest BCUT2D eigenvalue weighted by Gasteiger charge is 2.08. The van der Waals surface area contributed by atoms with Crippen molar-refractivity contribution in [2.45, 2.75) is 13.8 Å². The summed E-state index contributed by atoms with van der Waals surface area (Å²) in [4.78, 5) is 19.7.